The molecule has 1 N–H and O–H groups in total. The predicted octanol–water partition coefficient (Wildman–Crippen LogP) is 1.64. The fourth-order valence-electron chi connectivity index (χ4n) is 1.41. The van der Waals surface area contributed by atoms with E-state index in [2.05, 4.69) is 0 Å². The number of hydrogen-bond acceptors (Lipinski definition) is 3. The summed E-state index contributed by atoms with van der Waals surface area (Å²) in [6.07, 6.45) is 1.36. The maximum atomic E-state index is 11.6. The van der Waals surface area contributed by atoms with Gasteiger partial charge in [0.25, 0.3) is 0 Å². The first-order valence-corrected chi connectivity index (χ1v) is 5.72. The van der Waals surface area contributed by atoms with Crippen molar-refractivity contribution in [2.75, 3.05) is 21.2 Å². The lowest BCUT2D eigenvalue weighted by Gasteiger charge is -2.10. The Bertz CT molecular complexity index is 489. The molecule has 0 heterocycles. The Balaban J connectivity index is 2.94. The van der Waals surface area contributed by atoms with Crippen LogP contribution in [-0.4, -0.2) is 43.1 Å². The highest BCUT2D eigenvalue weighted by atomic mass is 16.5. The Morgan fingerprint density at radius 3 is 2.26 bits per heavy atom. The fourth-order valence-corrected chi connectivity index (χ4v) is 1.41. The van der Waals surface area contributed by atoms with Crippen LogP contribution in [0.15, 0.2) is 29.8 Å². The maximum absolute atomic E-state index is 11.6. The molecular formula is C14H17NO4. The predicted molar refractivity (Wildman–Crippen MR) is 71.9 cm³/mol. The molecule has 19 heavy (non-hydrogen) atoms. The van der Waals surface area contributed by atoms with E-state index in [1.54, 1.807) is 45.5 Å². The molecule has 0 fully saturated rings. The largest absolute Gasteiger partial charge is 0.497 e. The third-order valence-corrected chi connectivity index (χ3v) is 2.57. The van der Waals surface area contributed by atoms with Gasteiger partial charge in [0, 0.05) is 19.7 Å². The topological polar surface area (TPSA) is 66.8 Å². The highest BCUT2D eigenvalue weighted by Crippen LogP contribution is 2.15. The molecule has 0 atom stereocenters. The zero-order chi connectivity index (χ0) is 14.4. The molecule has 0 bridgehead atoms. The molecule has 1 rings (SSSR count). The van der Waals surface area contributed by atoms with Crippen molar-refractivity contribution in [1.29, 1.82) is 0 Å². The van der Waals surface area contributed by atoms with Gasteiger partial charge in [0.2, 0.25) is 5.91 Å². The van der Waals surface area contributed by atoms with Gasteiger partial charge in [-0.25, -0.2) is 4.79 Å². The summed E-state index contributed by atoms with van der Waals surface area (Å²) < 4.78 is 5.02. The second-order valence-corrected chi connectivity index (χ2v) is 4.21. The summed E-state index contributed by atoms with van der Waals surface area (Å²) in [6.45, 7) is 0. The van der Waals surface area contributed by atoms with Gasteiger partial charge >= 0.3 is 5.97 Å². The van der Waals surface area contributed by atoms with E-state index in [4.69, 9.17) is 9.84 Å². The number of carboxylic acid groups (broad SMARTS) is 1. The van der Waals surface area contributed by atoms with Gasteiger partial charge in [-0.3, -0.25) is 4.79 Å². The summed E-state index contributed by atoms with van der Waals surface area (Å²) in [5.41, 5.74) is 0.772. The van der Waals surface area contributed by atoms with E-state index in [0.717, 1.165) is 0 Å². The van der Waals surface area contributed by atoms with Crippen molar-refractivity contribution in [2.24, 2.45) is 0 Å². The first-order valence-electron chi connectivity index (χ1n) is 5.72. The van der Waals surface area contributed by atoms with Gasteiger partial charge in [0.05, 0.1) is 13.5 Å². The molecule has 0 aliphatic rings. The summed E-state index contributed by atoms with van der Waals surface area (Å²) in [5.74, 6) is -0.647. The number of nitrogens with zero attached hydrogens (tertiary/aromatic N) is 1. The number of ether oxygens (including phenoxy) is 1. The van der Waals surface area contributed by atoms with Gasteiger partial charge in [-0.1, -0.05) is 12.1 Å². The molecule has 102 valence electrons. The third kappa shape index (κ3) is 4.46. The van der Waals surface area contributed by atoms with Gasteiger partial charge in [-0.15, -0.1) is 0 Å². The van der Waals surface area contributed by atoms with Crippen LogP contribution >= 0.6 is 0 Å². The molecule has 1 aromatic rings. The highest BCUT2D eigenvalue weighted by Gasteiger charge is 2.14. The molecular weight excluding hydrogens is 246 g/mol. The van der Waals surface area contributed by atoms with Crippen LogP contribution < -0.4 is 4.74 Å². The molecule has 1 aromatic carbocycles. The number of aliphatic carboxylic acids is 1. The van der Waals surface area contributed by atoms with Crippen LogP contribution in [0.3, 0.4) is 0 Å². The van der Waals surface area contributed by atoms with Crippen molar-refractivity contribution in [1.82, 2.24) is 4.90 Å². The Morgan fingerprint density at radius 2 is 1.84 bits per heavy atom. The third-order valence-electron chi connectivity index (χ3n) is 2.57. The normalized spacial score (nSPS) is 11.0. The van der Waals surface area contributed by atoms with Crippen molar-refractivity contribution < 1.29 is 19.4 Å². The van der Waals surface area contributed by atoms with Crippen LogP contribution in [0.5, 0.6) is 5.75 Å². The number of rotatable bonds is 5. The van der Waals surface area contributed by atoms with Crippen LogP contribution in [-0.2, 0) is 9.59 Å². The van der Waals surface area contributed by atoms with Crippen molar-refractivity contribution in [2.45, 2.75) is 6.42 Å². The number of benzene rings is 1. The van der Waals surface area contributed by atoms with E-state index in [1.807, 2.05) is 0 Å². The minimum Gasteiger partial charge on any atom is -0.497 e. The molecule has 5 nitrogen and oxygen atoms in total. The van der Waals surface area contributed by atoms with Gasteiger partial charge in [-0.05, 0) is 23.8 Å². The second-order valence-electron chi connectivity index (χ2n) is 4.21. The maximum Gasteiger partial charge on any atom is 0.332 e. The molecule has 0 saturated heterocycles. The fraction of sp³-hybridized carbons (Fsp3) is 0.286. The lowest BCUT2D eigenvalue weighted by Crippen LogP contribution is -2.23. The zero-order valence-corrected chi connectivity index (χ0v) is 11.2. The number of hydrogen-bond donors (Lipinski definition) is 1. The molecule has 0 unspecified atom stereocenters. The van der Waals surface area contributed by atoms with Crippen LogP contribution in [0.2, 0.25) is 0 Å². The molecule has 0 spiro atoms. The van der Waals surface area contributed by atoms with Gasteiger partial charge < -0.3 is 14.7 Å². The van der Waals surface area contributed by atoms with Crippen LogP contribution in [0.25, 0.3) is 6.08 Å². The van der Waals surface area contributed by atoms with Crippen LogP contribution in [0.4, 0.5) is 0 Å². The van der Waals surface area contributed by atoms with E-state index in [9.17, 15) is 9.59 Å². The number of carbonyl (C=O) groups excluding carboxylic acids is 1. The second kappa shape index (κ2) is 6.58. The van der Waals surface area contributed by atoms with E-state index in [-0.39, 0.29) is 17.9 Å². The molecule has 5 heteroatoms. The minimum absolute atomic E-state index is 0.0591. The standard InChI is InChI=1S/C14H17NO4/c1-15(2)13(16)9-11(14(17)18)8-10-4-6-12(19-3)7-5-10/h4-8H,9H2,1-3H3,(H,17,18)/b11-8+. The first-order chi connectivity index (χ1) is 8.93. The first kappa shape index (κ1) is 14.8. The molecule has 0 aromatic heterocycles. The average molecular weight is 263 g/mol. The number of methoxy groups -OCH3 is 1. The highest BCUT2D eigenvalue weighted by molar-refractivity contribution is 5.98. The number of carboxylic acids is 1. The number of amides is 1. The van der Waals surface area contributed by atoms with E-state index in [0.29, 0.717) is 11.3 Å². The van der Waals surface area contributed by atoms with E-state index >= 15 is 0 Å². The summed E-state index contributed by atoms with van der Waals surface area (Å²) >= 11 is 0. The summed E-state index contributed by atoms with van der Waals surface area (Å²) in [4.78, 5) is 24.0. The monoisotopic (exact) mass is 263 g/mol. The summed E-state index contributed by atoms with van der Waals surface area (Å²) in [7, 11) is 4.74. The average Bonchev–Trinajstić information content (AvgIpc) is 2.38. The Kier molecular flexibility index (Phi) is 5.11. The molecule has 0 aliphatic carbocycles. The number of carbonyl (C=O) groups is 2. The molecule has 0 saturated carbocycles. The van der Waals surface area contributed by atoms with Gasteiger partial charge in [0.15, 0.2) is 0 Å². The van der Waals surface area contributed by atoms with Crippen LogP contribution in [0, 0.1) is 0 Å². The van der Waals surface area contributed by atoms with Gasteiger partial charge in [0.1, 0.15) is 5.75 Å². The van der Waals surface area contributed by atoms with Crippen LogP contribution in [0.1, 0.15) is 12.0 Å². The SMILES string of the molecule is COc1ccc(/C=C(\CC(=O)N(C)C)C(=O)O)cc1. The summed E-state index contributed by atoms with van der Waals surface area (Å²) in [6, 6.07) is 6.95. The Labute approximate surface area is 112 Å². The Hall–Kier alpha value is -2.30. The molecule has 0 radical (unpaired) electrons. The van der Waals surface area contributed by atoms with Crippen molar-refractivity contribution in [3.63, 3.8) is 0 Å². The smallest absolute Gasteiger partial charge is 0.332 e. The molecule has 0 aliphatic heterocycles. The molecule has 1 amide bonds. The van der Waals surface area contributed by atoms with Crippen molar-refractivity contribution >= 4 is 18.0 Å². The lowest BCUT2D eigenvalue weighted by molar-refractivity contribution is -0.135. The lowest BCUT2D eigenvalue weighted by atomic mass is 10.1. The Morgan fingerprint density at radius 1 is 1.26 bits per heavy atom. The summed E-state index contributed by atoms with van der Waals surface area (Å²) in [5, 5.41) is 9.10. The quantitative estimate of drug-likeness (QED) is 0.820. The van der Waals surface area contributed by atoms with Crippen molar-refractivity contribution in [3.05, 3.63) is 35.4 Å². The van der Waals surface area contributed by atoms with Crippen molar-refractivity contribution in [3.8, 4) is 5.75 Å². The minimum atomic E-state index is -1.09. The van der Waals surface area contributed by atoms with E-state index < -0.39 is 5.97 Å². The zero-order valence-electron chi connectivity index (χ0n) is 11.2. The van der Waals surface area contributed by atoms with E-state index in [1.165, 1.54) is 11.0 Å². The van der Waals surface area contributed by atoms with Gasteiger partial charge in [-0.2, -0.15) is 0 Å².